The van der Waals surface area contributed by atoms with Crippen LogP contribution in [0.1, 0.15) is 41.2 Å². The first-order chi connectivity index (χ1) is 10.8. The minimum atomic E-state index is -0.228. The maximum atomic E-state index is 12.4. The standard InChI is InChI=1S/C18H23N3O2/c1-11(10-21-14(4)12(2)13(3)20-21)18(23)19-17-8-6-7-16(9-17)15(5)22/h6-9,11H,10H2,1-5H3,(H,19,23)/t11-/m1/s1. The van der Waals surface area contributed by atoms with Gasteiger partial charge in [0.1, 0.15) is 0 Å². The Labute approximate surface area is 136 Å². The maximum Gasteiger partial charge on any atom is 0.229 e. The number of ketones is 1. The topological polar surface area (TPSA) is 64.0 Å². The molecule has 0 saturated carbocycles. The van der Waals surface area contributed by atoms with E-state index in [0.29, 0.717) is 17.8 Å². The van der Waals surface area contributed by atoms with Gasteiger partial charge in [-0.2, -0.15) is 5.10 Å². The molecule has 0 unspecified atom stereocenters. The lowest BCUT2D eigenvalue weighted by Gasteiger charge is -2.14. The van der Waals surface area contributed by atoms with E-state index in [-0.39, 0.29) is 17.6 Å². The normalized spacial score (nSPS) is 12.0. The molecule has 5 heteroatoms. The summed E-state index contributed by atoms with van der Waals surface area (Å²) in [5.74, 6) is -0.337. The van der Waals surface area contributed by atoms with Crippen LogP contribution in [-0.2, 0) is 11.3 Å². The molecule has 122 valence electrons. The van der Waals surface area contributed by atoms with Crippen LogP contribution >= 0.6 is 0 Å². The van der Waals surface area contributed by atoms with Crippen molar-refractivity contribution in [2.45, 2.75) is 41.2 Å². The summed E-state index contributed by atoms with van der Waals surface area (Å²) in [6.07, 6.45) is 0. The third-order valence-electron chi connectivity index (χ3n) is 4.17. The predicted molar refractivity (Wildman–Crippen MR) is 90.7 cm³/mol. The zero-order valence-corrected chi connectivity index (χ0v) is 14.3. The van der Waals surface area contributed by atoms with Gasteiger partial charge in [-0.25, -0.2) is 0 Å². The van der Waals surface area contributed by atoms with Crippen LogP contribution in [0.4, 0.5) is 5.69 Å². The molecule has 23 heavy (non-hydrogen) atoms. The summed E-state index contributed by atoms with van der Waals surface area (Å²) < 4.78 is 1.88. The number of carbonyl (C=O) groups is 2. The minimum Gasteiger partial charge on any atom is -0.326 e. The number of aromatic nitrogens is 2. The highest BCUT2D eigenvalue weighted by Gasteiger charge is 2.17. The van der Waals surface area contributed by atoms with E-state index in [0.717, 1.165) is 17.0 Å². The smallest absolute Gasteiger partial charge is 0.229 e. The fourth-order valence-corrected chi connectivity index (χ4v) is 2.39. The van der Waals surface area contributed by atoms with Gasteiger partial charge in [0.15, 0.2) is 5.78 Å². The summed E-state index contributed by atoms with van der Waals surface area (Å²) in [7, 11) is 0. The van der Waals surface area contributed by atoms with Crippen molar-refractivity contribution < 1.29 is 9.59 Å². The van der Waals surface area contributed by atoms with Crippen LogP contribution in [0.25, 0.3) is 0 Å². The number of anilines is 1. The van der Waals surface area contributed by atoms with E-state index < -0.39 is 0 Å². The number of hydrogen-bond donors (Lipinski definition) is 1. The van der Waals surface area contributed by atoms with E-state index in [9.17, 15) is 9.59 Å². The minimum absolute atomic E-state index is 0.0211. The maximum absolute atomic E-state index is 12.4. The molecule has 0 aliphatic rings. The number of nitrogens with one attached hydrogen (secondary N) is 1. The van der Waals surface area contributed by atoms with Crippen molar-refractivity contribution in [3.05, 3.63) is 46.8 Å². The Balaban J connectivity index is 2.06. The first-order valence-electron chi connectivity index (χ1n) is 7.72. The molecule has 0 saturated heterocycles. The Morgan fingerprint density at radius 2 is 1.96 bits per heavy atom. The van der Waals surface area contributed by atoms with Gasteiger partial charge in [-0.15, -0.1) is 0 Å². The van der Waals surface area contributed by atoms with Gasteiger partial charge in [0.25, 0.3) is 0 Å². The molecule has 1 N–H and O–H groups in total. The number of amides is 1. The molecule has 1 aromatic carbocycles. The van der Waals surface area contributed by atoms with Crippen molar-refractivity contribution in [2.24, 2.45) is 5.92 Å². The molecule has 1 atom stereocenters. The Kier molecular flexibility index (Phi) is 4.98. The second-order valence-corrected chi connectivity index (χ2v) is 6.01. The summed E-state index contributed by atoms with van der Waals surface area (Å²) >= 11 is 0. The Morgan fingerprint density at radius 3 is 2.52 bits per heavy atom. The lowest BCUT2D eigenvalue weighted by atomic mass is 10.1. The number of rotatable bonds is 5. The SMILES string of the molecule is CC(=O)c1cccc(NC(=O)[C@H](C)Cn2nc(C)c(C)c2C)c1. The van der Waals surface area contributed by atoms with Crippen molar-refractivity contribution in [1.29, 1.82) is 0 Å². The van der Waals surface area contributed by atoms with Gasteiger partial charge < -0.3 is 5.32 Å². The molecule has 1 amide bonds. The number of carbonyl (C=O) groups excluding carboxylic acids is 2. The van der Waals surface area contributed by atoms with Crippen molar-refractivity contribution in [1.82, 2.24) is 9.78 Å². The largest absolute Gasteiger partial charge is 0.326 e. The summed E-state index contributed by atoms with van der Waals surface area (Å²) in [6.45, 7) is 9.92. The molecular formula is C18H23N3O2. The Morgan fingerprint density at radius 1 is 1.26 bits per heavy atom. The lowest BCUT2D eigenvalue weighted by Crippen LogP contribution is -2.25. The summed E-state index contributed by atoms with van der Waals surface area (Å²) in [4.78, 5) is 23.8. The van der Waals surface area contributed by atoms with E-state index in [1.54, 1.807) is 24.3 Å². The molecule has 1 heterocycles. The van der Waals surface area contributed by atoms with Gasteiger partial charge in [-0.05, 0) is 45.4 Å². The van der Waals surface area contributed by atoms with Gasteiger partial charge in [0.05, 0.1) is 18.2 Å². The van der Waals surface area contributed by atoms with E-state index in [4.69, 9.17) is 0 Å². The monoisotopic (exact) mass is 313 g/mol. The fourth-order valence-electron chi connectivity index (χ4n) is 2.39. The Hall–Kier alpha value is -2.43. The first kappa shape index (κ1) is 16.9. The number of nitrogens with zero attached hydrogens (tertiary/aromatic N) is 2. The first-order valence-corrected chi connectivity index (χ1v) is 7.72. The summed E-state index contributed by atoms with van der Waals surface area (Å²) in [6, 6.07) is 6.98. The molecular weight excluding hydrogens is 290 g/mol. The van der Waals surface area contributed by atoms with Crippen molar-refractivity contribution in [3.8, 4) is 0 Å². The van der Waals surface area contributed by atoms with Crippen LogP contribution in [0.5, 0.6) is 0 Å². The molecule has 0 aliphatic heterocycles. The van der Waals surface area contributed by atoms with Crippen molar-refractivity contribution >= 4 is 17.4 Å². The number of benzene rings is 1. The van der Waals surface area contributed by atoms with E-state index >= 15 is 0 Å². The summed E-state index contributed by atoms with van der Waals surface area (Å²) in [5.41, 5.74) is 4.46. The number of Topliss-reactive ketones (excluding diaryl/α,β-unsaturated/α-hetero) is 1. The molecule has 2 aromatic rings. The van der Waals surface area contributed by atoms with Crippen LogP contribution in [-0.4, -0.2) is 21.5 Å². The van der Waals surface area contributed by atoms with Gasteiger partial charge in [-0.1, -0.05) is 19.1 Å². The molecule has 0 aliphatic carbocycles. The Bertz CT molecular complexity index is 747. The molecule has 0 bridgehead atoms. The van der Waals surface area contributed by atoms with Gasteiger partial charge in [0.2, 0.25) is 5.91 Å². The van der Waals surface area contributed by atoms with Gasteiger partial charge in [-0.3, -0.25) is 14.3 Å². The summed E-state index contributed by atoms with van der Waals surface area (Å²) in [5, 5.41) is 7.33. The highest BCUT2D eigenvalue weighted by atomic mass is 16.2. The van der Waals surface area contributed by atoms with Gasteiger partial charge in [0, 0.05) is 16.9 Å². The van der Waals surface area contributed by atoms with Crippen molar-refractivity contribution in [3.63, 3.8) is 0 Å². The second kappa shape index (κ2) is 6.77. The molecule has 0 fully saturated rings. The number of aryl methyl sites for hydroxylation is 1. The highest BCUT2D eigenvalue weighted by molar-refractivity contribution is 5.97. The van der Waals surface area contributed by atoms with E-state index in [1.807, 2.05) is 32.4 Å². The fraction of sp³-hybridized carbons (Fsp3) is 0.389. The third kappa shape index (κ3) is 3.86. The van der Waals surface area contributed by atoms with E-state index in [2.05, 4.69) is 10.4 Å². The van der Waals surface area contributed by atoms with Crippen LogP contribution in [0.2, 0.25) is 0 Å². The quantitative estimate of drug-likeness (QED) is 0.862. The molecule has 1 aromatic heterocycles. The molecule has 2 rings (SSSR count). The molecule has 5 nitrogen and oxygen atoms in total. The van der Waals surface area contributed by atoms with Crippen molar-refractivity contribution in [2.75, 3.05) is 5.32 Å². The van der Waals surface area contributed by atoms with Crippen LogP contribution in [0, 0.1) is 26.7 Å². The van der Waals surface area contributed by atoms with Crippen LogP contribution in [0.3, 0.4) is 0 Å². The van der Waals surface area contributed by atoms with Gasteiger partial charge >= 0.3 is 0 Å². The second-order valence-electron chi connectivity index (χ2n) is 6.01. The highest BCUT2D eigenvalue weighted by Crippen LogP contribution is 2.15. The zero-order chi connectivity index (χ0) is 17.1. The lowest BCUT2D eigenvalue weighted by molar-refractivity contribution is -0.119. The molecule has 0 radical (unpaired) electrons. The third-order valence-corrected chi connectivity index (χ3v) is 4.17. The number of hydrogen-bond acceptors (Lipinski definition) is 3. The average Bonchev–Trinajstić information content (AvgIpc) is 2.74. The van der Waals surface area contributed by atoms with Crippen LogP contribution in [0.15, 0.2) is 24.3 Å². The molecule has 0 spiro atoms. The van der Waals surface area contributed by atoms with E-state index in [1.165, 1.54) is 6.92 Å². The average molecular weight is 313 g/mol. The van der Waals surface area contributed by atoms with Crippen LogP contribution < -0.4 is 5.32 Å². The predicted octanol–water partition coefficient (Wildman–Crippen LogP) is 3.29. The zero-order valence-electron chi connectivity index (χ0n) is 14.3.